The largest absolute Gasteiger partial charge is 0.228 e. The van der Waals surface area contributed by atoms with Crippen molar-refractivity contribution < 1.29 is 0 Å². The van der Waals surface area contributed by atoms with Gasteiger partial charge in [0, 0.05) is 16.7 Å². The van der Waals surface area contributed by atoms with Crippen molar-refractivity contribution in [3.63, 3.8) is 0 Å². The van der Waals surface area contributed by atoms with Gasteiger partial charge in [0.2, 0.25) is 0 Å². The average molecular weight is 787 g/mol. The number of aromatic nitrogens is 2. The Morgan fingerprint density at radius 1 is 0.226 bits per heavy atom. The minimum atomic E-state index is 0.708. The van der Waals surface area contributed by atoms with Crippen molar-refractivity contribution in [2.24, 2.45) is 0 Å². The fourth-order valence-electron chi connectivity index (χ4n) is 9.30. The van der Waals surface area contributed by atoms with E-state index in [9.17, 15) is 0 Å². The molecule has 0 amide bonds. The van der Waals surface area contributed by atoms with Crippen LogP contribution in [0.15, 0.2) is 231 Å². The average Bonchev–Trinajstić information content (AvgIpc) is 3.35. The van der Waals surface area contributed by atoms with Crippen LogP contribution < -0.4 is 0 Å². The molecular formula is C60H38N2. The van der Waals surface area contributed by atoms with Crippen molar-refractivity contribution >= 4 is 53.9 Å². The molecule has 2 heteroatoms. The molecule has 0 unspecified atom stereocenters. The van der Waals surface area contributed by atoms with Crippen molar-refractivity contribution in [3.05, 3.63) is 231 Å². The van der Waals surface area contributed by atoms with Crippen molar-refractivity contribution in [1.82, 2.24) is 9.97 Å². The van der Waals surface area contributed by atoms with E-state index in [0.29, 0.717) is 5.82 Å². The van der Waals surface area contributed by atoms with E-state index in [2.05, 4.69) is 212 Å². The maximum atomic E-state index is 5.15. The normalized spacial score (nSPS) is 11.5. The second kappa shape index (κ2) is 14.8. The molecule has 288 valence electrons. The standard InChI is InChI=1S/C60H38N2/c1-2-13-45(14-3-1)60-61-57(43-25-23-42(24-26-43)52-20-10-16-40-11-4-7-17-51(40)52)38-58(62-60)50-32-31-47-35-46(29-30-48(47)36-50)39-21-27-44(28-22-39)59-54-19-9-6-15-49(54)37-56-53-18-8-5-12-41(53)33-34-55(56)59/h1-38H. The summed E-state index contributed by atoms with van der Waals surface area (Å²) in [5.74, 6) is 0.708. The predicted molar refractivity (Wildman–Crippen MR) is 262 cm³/mol. The lowest BCUT2D eigenvalue weighted by Gasteiger charge is -2.14. The summed E-state index contributed by atoms with van der Waals surface area (Å²) >= 11 is 0. The van der Waals surface area contributed by atoms with Gasteiger partial charge in [0.1, 0.15) is 0 Å². The van der Waals surface area contributed by atoms with Crippen LogP contribution in [0.2, 0.25) is 0 Å². The molecule has 1 aromatic heterocycles. The van der Waals surface area contributed by atoms with Gasteiger partial charge in [-0.15, -0.1) is 0 Å². The van der Waals surface area contributed by atoms with E-state index in [4.69, 9.17) is 9.97 Å². The van der Waals surface area contributed by atoms with E-state index >= 15 is 0 Å². The molecule has 12 rings (SSSR count). The van der Waals surface area contributed by atoms with Gasteiger partial charge in [-0.05, 0) is 112 Å². The second-order valence-electron chi connectivity index (χ2n) is 16.1. The number of nitrogens with zero attached hydrogens (tertiary/aromatic N) is 2. The van der Waals surface area contributed by atoms with Crippen LogP contribution in [0, 0.1) is 0 Å². The molecule has 0 bridgehead atoms. The van der Waals surface area contributed by atoms with Crippen molar-refractivity contribution in [2.45, 2.75) is 0 Å². The Morgan fingerprint density at radius 3 is 1.53 bits per heavy atom. The number of hydrogen-bond donors (Lipinski definition) is 0. The monoisotopic (exact) mass is 786 g/mol. The summed E-state index contributed by atoms with van der Waals surface area (Å²) in [5.41, 5.74) is 12.2. The topological polar surface area (TPSA) is 25.8 Å². The van der Waals surface area contributed by atoms with Gasteiger partial charge in [-0.3, -0.25) is 0 Å². The van der Waals surface area contributed by atoms with Crippen LogP contribution in [0.4, 0.5) is 0 Å². The third-order valence-electron chi connectivity index (χ3n) is 12.5. The molecule has 12 aromatic rings. The maximum absolute atomic E-state index is 5.15. The van der Waals surface area contributed by atoms with Crippen LogP contribution in [0.25, 0.3) is 121 Å². The third kappa shape index (κ3) is 6.29. The zero-order chi connectivity index (χ0) is 41.0. The maximum Gasteiger partial charge on any atom is 0.160 e. The first-order valence-corrected chi connectivity index (χ1v) is 21.2. The summed E-state index contributed by atoms with van der Waals surface area (Å²) in [6.07, 6.45) is 0. The predicted octanol–water partition coefficient (Wildman–Crippen LogP) is 16.2. The molecule has 0 aliphatic heterocycles. The lowest BCUT2D eigenvalue weighted by atomic mass is 9.89. The van der Waals surface area contributed by atoms with Crippen LogP contribution in [0.5, 0.6) is 0 Å². The molecule has 1 heterocycles. The van der Waals surface area contributed by atoms with Crippen molar-refractivity contribution in [2.75, 3.05) is 0 Å². The van der Waals surface area contributed by atoms with Crippen LogP contribution >= 0.6 is 0 Å². The Bertz CT molecular complexity index is 3660. The van der Waals surface area contributed by atoms with Crippen LogP contribution in [-0.4, -0.2) is 9.97 Å². The molecule has 0 saturated carbocycles. The highest BCUT2D eigenvalue weighted by atomic mass is 14.9. The van der Waals surface area contributed by atoms with E-state index in [0.717, 1.165) is 33.5 Å². The van der Waals surface area contributed by atoms with Gasteiger partial charge in [0.25, 0.3) is 0 Å². The zero-order valence-corrected chi connectivity index (χ0v) is 33.8. The summed E-state index contributed by atoms with van der Waals surface area (Å²) in [6, 6.07) is 83.1. The Morgan fingerprint density at radius 2 is 0.758 bits per heavy atom. The molecule has 11 aromatic carbocycles. The first-order chi connectivity index (χ1) is 30.7. The van der Waals surface area contributed by atoms with E-state index in [1.165, 1.54) is 81.9 Å². The summed E-state index contributed by atoms with van der Waals surface area (Å²) < 4.78 is 0. The molecule has 0 atom stereocenters. The Labute approximate surface area is 360 Å². The van der Waals surface area contributed by atoms with E-state index in [1.807, 2.05) is 18.2 Å². The van der Waals surface area contributed by atoms with Crippen LogP contribution in [0.3, 0.4) is 0 Å². The number of fused-ring (bicyclic) bond motifs is 6. The number of hydrogen-bond acceptors (Lipinski definition) is 2. The SMILES string of the molecule is c1ccc(-c2nc(-c3ccc(-c4cccc5ccccc45)cc3)cc(-c3ccc4cc(-c5ccc(-c6c7ccccc7cc7c6ccc6ccccc67)cc5)ccc4c3)n2)cc1. The zero-order valence-electron chi connectivity index (χ0n) is 33.8. The molecule has 0 spiro atoms. The molecule has 0 fully saturated rings. The third-order valence-corrected chi connectivity index (χ3v) is 12.5. The number of benzene rings is 11. The lowest BCUT2D eigenvalue weighted by Crippen LogP contribution is -1.96. The van der Waals surface area contributed by atoms with Crippen molar-refractivity contribution in [3.8, 4) is 67.3 Å². The Hall–Kier alpha value is -8.20. The highest BCUT2D eigenvalue weighted by molar-refractivity contribution is 6.20. The molecule has 0 radical (unpaired) electrons. The van der Waals surface area contributed by atoms with E-state index in [-0.39, 0.29) is 0 Å². The molecule has 0 aliphatic carbocycles. The molecule has 0 N–H and O–H groups in total. The first-order valence-electron chi connectivity index (χ1n) is 21.2. The highest BCUT2D eigenvalue weighted by Gasteiger charge is 2.15. The summed E-state index contributed by atoms with van der Waals surface area (Å²) in [6.45, 7) is 0. The second-order valence-corrected chi connectivity index (χ2v) is 16.1. The minimum Gasteiger partial charge on any atom is -0.228 e. The molecule has 2 nitrogen and oxygen atoms in total. The minimum absolute atomic E-state index is 0.708. The quantitative estimate of drug-likeness (QED) is 0.124. The first kappa shape index (κ1) is 35.7. The number of rotatable bonds is 6. The van der Waals surface area contributed by atoms with E-state index < -0.39 is 0 Å². The summed E-state index contributed by atoms with van der Waals surface area (Å²) in [5, 5.41) is 12.5. The lowest BCUT2D eigenvalue weighted by molar-refractivity contribution is 1.18. The Balaban J connectivity index is 0.887. The summed E-state index contributed by atoms with van der Waals surface area (Å²) in [7, 11) is 0. The Kier molecular flexibility index (Phi) is 8.53. The molecule has 0 aliphatic rings. The van der Waals surface area contributed by atoms with Gasteiger partial charge in [-0.25, -0.2) is 9.97 Å². The van der Waals surface area contributed by atoms with Gasteiger partial charge in [0.15, 0.2) is 5.82 Å². The smallest absolute Gasteiger partial charge is 0.160 e. The van der Waals surface area contributed by atoms with Gasteiger partial charge in [-0.2, -0.15) is 0 Å². The van der Waals surface area contributed by atoms with Gasteiger partial charge in [-0.1, -0.05) is 206 Å². The molecule has 62 heavy (non-hydrogen) atoms. The molecule has 0 saturated heterocycles. The van der Waals surface area contributed by atoms with Crippen molar-refractivity contribution in [1.29, 1.82) is 0 Å². The van der Waals surface area contributed by atoms with Gasteiger partial charge in [0.05, 0.1) is 11.4 Å². The van der Waals surface area contributed by atoms with Crippen LogP contribution in [-0.2, 0) is 0 Å². The molecular weight excluding hydrogens is 749 g/mol. The van der Waals surface area contributed by atoms with Gasteiger partial charge < -0.3 is 0 Å². The highest BCUT2D eigenvalue weighted by Crippen LogP contribution is 2.40. The summed E-state index contributed by atoms with van der Waals surface area (Å²) in [4.78, 5) is 10.3. The van der Waals surface area contributed by atoms with Crippen LogP contribution in [0.1, 0.15) is 0 Å². The van der Waals surface area contributed by atoms with E-state index in [1.54, 1.807) is 0 Å². The fraction of sp³-hybridized carbons (Fsp3) is 0. The van der Waals surface area contributed by atoms with Gasteiger partial charge >= 0.3 is 0 Å². The fourth-order valence-corrected chi connectivity index (χ4v) is 9.30.